The lowest BCUT2D eigenvalue weighted by molar-refractivity contribution is -0.138. The summed E-state index contributed by atoms with van der Waals surface area (Å²) in [5.41, 5.74) is 1.45. The second-order valence-electron chi connectivity index (χ2n) is 4.74. The van der Waals surface area contributed by atoms with Crippen LogP contribution in [0.1, 0.15) is 13.3 Å². The van der Waals surface area contributed by atoms with Crippen molar-refractivity contribution in [3.8, 4) is 0 Å². The summed E-state index contributed by atoms with van der Waals surface area (Å²) in [7, 11) is 0. The number of carbonyl (C=O) groups is 2. The molecular formula is C14H16N2O4S. The van der Waals surface area contributed by atoms with E-state index in [1.54, 1.807) is 6.92 Å². The summed E-state index contributed by atoms with van der Waals surface area (Å²) < 4.78 is 5.49. The van der Waals surface area contributed by atoms with E-state index in [0.29, 0.717) is 17.4 Å². The van der Waals surface area contributed by atoms with Gasteiger partial charge in [0, 0.05) is 13.0 Å². The van der Waals surface area contributed by atoms with Gasteiger partial charge in [0.05, 0.1) is 5.75 Å². The van der Waals surface area contributed by atoms with Crippen LogP contribution in [0.3, 0.4) is 0 Å². The summed E-state index contributed by atoms with van der Waals surface area (Å²) >= 11 is 1.21. The van der Waals surface area contributed by atoms with Crippen LogP contribution >= 0.6 is 11.8 Å². The van der Waals surface area contributed by atoms with Gasteiger partial charge in [-0.3, -0.25) is 9.59 Å². The molecule has 0 saturated carbocycles. The maximum atomic E-state index is 11.7. The third kappa shape index (κ3) is 4.78. The number of nitrogens with one attached hydrogen (secondary N) is 1. The van der Waals surface area contributed by atoms with E-state index in [2.05, 4.69) is 10.3 Å². The molecule has 0 bridgehead atoms. The molecule has 0 aliphatic carbocycles. The van der Waals surface area contributed by atoms with Crippen LogP contribution in [0.2, 0.25) is 0 Å². The Labute approximate surface area is 125 Å². The third-order valence-electron chi connectivity index (χ3n) is 2.77. The average Bonchev–Trinajstić information content (AvgIpc) is 2.85. The van der Waals surface area contributed by atoms with Crippen LogP contribution in [-0.2, 0) is 9.59 Å². The fraction of sp³-hybridized carbons (Fsp3) is 0.357. The lowest BCUT2D eigenvalue weighted by Crippen LogP contribution is -2.30. The summed E-state index contributed by atoms with van der Waals surface area (Å²) in [6.07, 6.45) is 0.0402. The van der Waals surface area contributed by atoms with Crippen molar-refractivity contribution in [3.05, 3.63) is 24.3 Å². The Kier molecular flexibility index (Phi) is 5.21. The number of carboxylic acids is 1. The van der Waals surface area contributed by atoms with E-state index in [1.165, 1.54) is 11.8 Å². The highest BCUT2D eigenvalue weighted by Gasteiger charge is 2.11. The SMILES string of the molecule is CC(CNC(=O)CSc1nc2ccccc2o1)CC(=O)O. The van der Waals surface area contributed by atoms with Gasteiger partial charge in [-0.15, -0.1) is 0 Å². The van der Waals surface area contributed by atoms with Crippen LogP contribution in [0, 0.1) is 5.92 Å². The molecule has 2 rings (SSSR count). The van der Waals surface area contributed by atoms with Crippen molar-refractivity contribution in [3.63, 3.8) is 0 Å². The maximum absolute atomic E-state index is 11.7. The second kappa shape index (κ2) is 7.12. The van der Waals surface area contributed by atoms with E-state index < -0.39 is 5.97 Å². The van der Waals surface area contributed by atoms with Crippen LogP contribution in [-0.4, -0.2) is 34.3 Å². The van der Waals surface area contributed by atoms with Crippen LogP contribution in [0.15, 0.2) is 33.9 Å². The predicted octanol–water partition coefficient (Wildman–Crippen LogP) is 2.15. The van der Waals surface area contributed by atoms with E-state index in [9.17, 15) is 9.59 Å². The molecule has 7 heteroatoms. The Balaban J connectivity index is 1.77. The van der Waals surface area contributed by atoms with Gasteiger partial charge < -0.3 is 14.8 Å². The fourth-order valence-corrected chi connectivity index (χ4v) is 2.42. The van der Waals surface area contributed by atoms with Crippen molar-refractivity contribution in [2.75, 3.05) is 12.3 Å². The number of fused-ring (bicyclic) bond motifs is 1. The molecule has 21 heavy (non-hydrogen) atoms. The number of nitrogens with zero attached hydrogens (tertiary/aromatic N) is 1. The summed E-state index contributed by atoms with van der Waals surface area (Å²) in [6.45, 7) is 2.13. The minimum absolute atomic E-state index is 0.0402. The molecule has 0 spiro atoms. The molecule has 0 saturated heterocycles. The summed E-state index contributed by atoms with van der Waals surface area (Å²) in [5.74, 6) is -0.940. The molecule has 0 aliphatic heterocycles. The van der Waals surface area contributed by atoms with E-state index in [4.69, 9.17) is 9.52 Å². The van der Waals surface area contributed by atoms with Gasteiger partial charge in [0.2, 0.25) is 5.91 Å². The van der Waals surface area contributed by atoms with E-state index in [-0.39, 0.29) is 24.0 Å². The second-order valence-corrected chi connectivity index (χ2v) is 5.67. The number of carbonyl (C=O) groups excluding carboxylic acids is 1. The van der Waals surface area contributed by atoms with Crippen LogP contribution in [0.5, 0.6) is 0 Å². The minimum atomic E-state index is -0.863. The summed E-state index contributed by atoms with van der Waals surface area (Å²) in [5, 5.41) is 11.8. The molecule has 0 fully saturated rings. The molecule has 6 nitrogen and oxygen atoms in total. The highest BCUT2D eigenvalue weighted by Crippen LogP contribution is 2.22. The molecule has 1 atom stereocenters. The monoisotopic (exact) mass is 308 g/mol. The normalized spacial score (nSPS) is 12.2. The number of aromatic nitrogens is 1. The van der Waals surface area contributed by atoms with Gasteiger partial charge in [0.15, 0.2) is 5.58 Å². The Morgan fingerprint density at radius 1 is 1.43 bits per heavy atom. The number of thioether (sulfide) groups is 1. The fourth-order valence-electron chi connectivity index (χ4n) is 1.75. The van der Waals surface area contributed by atoms with Gasteiger partial charge in [0.25, 0.3) is 5.22 Å². The quantitative estimate of drug-likeness (QED) is 0.761. The number of hydrogen-bond acceptors (Lipinski definition) is 5. The van der Waals surface area contributed by atoms with Crippen molar-refractivity contribution in [2.24, 2.45) is 5.92 Å². The molecule has 1 unspecified atom stereocenters. The Morgan fingerprint density at radius 3 is 2.90 bits per heavy atom. The Morgan fingerprint density at radius 2 is 2.19 bits per heavy atom. The third-order valence-corrected chi connectivity index (χ3v) is 3.60. The lowest BCUT2D eigenvalue weighted by atomic mass is 10.1. The van der Waals surface area contributed by atoms with E-state index in [0.717, 1.165) is 5.52 Å². The van der Waals surface area contributed by atoms with Gasteiger partial charge in [-0.1, -0.05) is 30.8 Å². The topological polar surface area (TPSA) is 92.4 Å². The van der Waals surface area contributed by atoms with Crippen molar-refractivity contribution in [1.29, 1.82) is 0 Å². The van der Waals surface area contributed by atoms with Crippen LogP contribution in [0.4, 0.5) is 0 Å². The highest BCUT2D eigenvalue weighted by molar-refractivity contribution is 7.99. The molecule has 112 valence electrons. The average molecular weight is 308 g/mol. The van der Waals surface area contributed by atoms with Crippen molar-refractivity contribution in [2.45, 2.75) is 18.6 Å². The molecule has 2 N–H and O–H groups in total. The first kappa shape index (κ1) is 15.4. The predicted molar refractivity (Wildman–Crippen MR) is 79.2 cm³/mol. The number of para-hydroxylation sites is 2. The number of carboxylic acid groups (broad SMARTS) is 1. The van der Waals surface area contributed by atoms with Crippen molar-refractivity contribution >= 4 is 34.7 Å². The number of aliphatic carboxylic acids is 1. The lowest BCUT2D eigenvalue weighted by Gasteiger charge is -2.09. The number of oxazole rings is 1. The zero-order chi connectivity index (χ0) is 15.2. The molecule has 0 aliphatic rings. The van der Waals surface area contributed by atoms with Crippen LogP contribution in [0.25, 0.3) is 11.1 Å². The Hall–Kier alpha value is -2.02. The van der Waals surface area contributed by atoms with Crippen molar-refractivity contribution in [1.82, 2.24) is 10.3 Å². The first-order chi connectivity index (χ1) is 10.0. The highest BCUT2D eigenvalue weighted by atomic mass is 32.2. The first-order valence-corrected chi connectivity index (χ1v) is 7.50. The number of hydrogen-bond donors (Lipinski definition) is 2. The van der Waals surface area contributed by atoms with Gasteiger partial charge in [-0.05, 0) is 18.1 Å². The first-order valence-electron chi connectivity index (χ1n) is 6.51. The summed E-state index contributed by atoms with van der Waals surface area (Å²) in [4.78, 5) is 26.4. The van der Waals surface area contributed by atoms with Gasteiger partial charge >= 0.3 is 5.97 Å². The van der Waals surface area contributed by atoms with Crippen molar-refractivity contribution < 1.29 is 19.1 Å². The Bertz CT molecular complexity index is 608. The standard InChI is InChI=1S/C14H16N2O4S/c1-9(6-13(18)19)7-15-12(17)8-21-14-16-10-4-2-3-5-11(10)20-14/h2-5,9H,6-8H2,1H3,(H,15,17)(H,18,19). The molecule has 2 aromatic rings. The molecular weight excluding hydrogens is 292 g/mol. The largest absolute Gasteiger partial charge is 0.481 e. The maximum Gasteiger partial charge on any atom is 0.303 e. The smallest absolute Gasteiger partial charge is 0.303 e. The minimum Gasteiger partial charge on any atom is -0.481 e. The molecule has 1 aromatic heterocycles. The summed E-state index contributed by atoms with van der Waals surface area (Å²) in [6, 6.07) is 7.39. The zero-order valence-corrected chi connectivity index (χ0v) is 12.4. The van der Waals surface area contributed by atoms with Gasteiger partial charge in [-0.2, -0.15) is 0 Å². The van der Waals surface area contributed by atoms with E-state index >= 15 is 0 Å². The number of benzene rings is 1. The number of amides is 1. The number of rotatable bonds is 7. The zero-order valence-electron chi connectivity index (χ0n) is 11.5. The molecule has 0 radical (unpaired) electrons. The van der Waals surface area contributed by atoms with Gasteiger partial charge in [-0.25, -0.2) is 4.98 Å². The molecule has 1 aromatic carbocycles. The molecule has 1 heterocycles. The molecule has 1 amide bonds. The van der Waals surface area contributed by atoms with E-state index in [1.807, 2.05) is 24.3 Å². The van der Waals surface area contributed by atoms with Gasteiger partial charge in [0.1, 0.15) is 5.52 Å². The van der Waals surface area contributed by atoms with Crippen LogP contribution < -0.4 is 5.32 Å².